The minimum Gasteiger partial charge on any atom is -0.507 e. The number of anilines is 2. The van der Waals surface area contributed by atoms with Crippen LogP contribution in [-0.4, -0.2) is 59.3 Å². The van der Waals surface area contributed by atoms with Gasteiger partial charge in [-0.25, -0.2) is 0 Å². The standard InChI is InChI=1S/C29H30N2O7/c1-30(2)18-9-7-17(8-10-18)26-25(27(32)23-16-20(35-3)11-12-24(23)38-6)28(33)29(34)31(26)19-13-21(36-4)15-22(14-19)37-5/h7-16,26,32H,1-6H3/b27-25+. The third-order valence-electron chi connectivity index (χ3n) is 6.45. The summed E-state index contributed by atoms with van der Waals surface area (Å²) in [5.74, 6) is -0.362. The molecule has 1 unspecified atom stereocenters. The number of aliphatic hydroxyl groups is 1. The largest absolute Gasteiger partial charge is 0.507 e. The number of hydrogen-bond acceptors (Lipinski definition) is 8. The number of benzene rings is 3. The third-order valence-corrected chi connectivity index (χ3v) is 6.45. The normalized spacial score (nSPS) is 16.4. The number of carbonyl (C=O) groups is 2. The van der Waals surface area contributed by atoms with Gasteiger partial charge in [-0.2, -0.15) is 0 Å². The predicted molar refractivity (Wildman–Crippen MR) is 145 cm³/mol. The Morgan fingerprint density at radius 2 is 1.39 bits per heavy atom. The van der Waals surface area contributed by atoms with E-state index in [1.807, 2.05) is 43.3 Å². The van der Waals surface area contributed by atoms with Gasteiger partial charge in [-0.1, -0.05) is 12.1 Å². The van der Waals surface area contributed by atoms with E-state index in [1.54, 1.807) is 36.4 Å². The zero-order chi connectivity index (χ0) is 27.6. The maximum Gasteiger partial charge on any atom is 0.300 e. The fourth-order valence-corrected chi connectivity index (χ4v) is 4.44. The van der Waals surface area contributed by atoms with Crippen LogP contribution in [0, 0.1) is 0 Å². The summed E-state index contributed by atoms with van der Waals surface area (Å²) >= 11 is 0. The van der Waals surface area contributed by atoms with Crippen molar-refractivity contribution in [3.63, 3.8) is 0 Å². The van der Waals surface area contributed by atoms with Crippen LogP contribution in [0.25, 0.3) is 5.76 Å². The predicted octanol–water partition coefficient (Wildman–Crippen LogP) is 4.41. The highest BCUT2D eigenvalue weighted by Crippen LogP contribution is 2.45. The van der Waals surface area contributed by atoms with E-state index in [9.17, 15) is 14.7 Å². The molecule has 9 heteroatoms. The van der Waals surface area contributed by atoms with E-state index >= 15 is 0 Å². The van der Waals surface area contributed by atoms with Crippen LogP contribution in [0.3, 0.4) is 0 Å². The van der Waals surface area contributed by atoms with Crippen molar-refractivity contribution in [2.45, 2.75) is 6.04 Å². The van der Waals surface area contributed by atoms with E-state index in [1.165, 1.54) is 33.3 Å². The molecule has 0 saturated carbocycles. The minimum atomic E-state index is -0.945. The Kier molecular flexibility index (Phi) is 7.47. The average Bonchev–Trinajstić information content (AvgIpc) is 3.21. The van der Waals surface area contributed by atoms with Gasteiger partial charge in [0.15, 0.2) is 0 Å². The highest BCUT2D eigenvalue weighted by atomic mass is 16.5. The van der Waals surface area contributed by atoms with Crippen molar-refractivity contribution in [1.82, 2.24) is 0 Å². The number of amides is 1. The molecule has 1 aliphatic rings. The number of aliphatic hydroxyl groups excluding tert-OH is 1. The summed E-state index contributed by atoms with van der Waals surface area (Å²) < 4.78 is 21.6. The molecule has 0 aliphatic carbocycles. The first-order valence-corrected chi connectivity index (χ1v) is 11.8. The molecule has 0 aromatic heterocycles. The number of carbonyl (C=O) groups excluding carboxylic acids is 2. The Hall–Kier alpha value is -4.66. The monoisotopic (exact) mass is 518 g/mol. The molecule has 198 valence electrons. The topological polar surface area (TPSA) is 97.8 Å². The fraction of sp³-hybridized carbons (Fsp3) is 0.241. The van der Waals surface area contributed by atoms with Crippen LogP contribution in [0.15, 0.2) is 66.2 Å². The van der Waals surface area contributed by atoms with Gasteiger partial charge in [-0.15, -0.1) is 0 Å². The number of ketones is 1. The van der Waals surface area contributed by atoms with Crippen LogP contribution < -0.4 is 28.7 Å². The van der Waals surface area contributed by atoms with Crippen molar-refractivity contribution in [2.24, 2.45) is 0 Å². The Labute approximate surface area is 221 Å². The number of hydrogen-bond donors (Lipinski definition) is 1. The van der Waals surface area contributed by atoms with Crippen LogP contribution in [0.4, 0.5) is 11.4 Å². The lowest BCUT2D eigenvalue weighted by Crippen LogP contribution is -2.29. The molecule has 1 atom stereocenters. The first-order valence-electron chi connectivity index (χ1n) is 11.8. The molecular weight excluding hydrogens is 488 g/mol. The van der Waals surface area contributed by atoms with Crippen LogP contribution in [0.2, 0.25) is 0 Å². The van der Waals surface area contributed by atoms with E-state index in [0.717, 1.165) is 5.69 Å². The van der Waals surface area contributed by atoms with E-state index in [2.05, 4.69) is 0 Å². The molecule has 0 spiro atoms. The number of rotatable bonds is 8. The van der Waals surface area contributed by atoms with Gasteiger partial charge in [0.25, 0.3) is 11.7 Å². The van der Waals surface area contributed by atoms with Crippen LogP contribution >= 0.6 is 0 Å². The third kappa shape index (κ3) is 4.70. The maximum absolute atomic E-state index is 13.6. The van der Waals surface area contributed by atoms with Crippen LogP contribution in [-0.2, 0) is 9.59 Å². The smallest absolute Gasteiger partial charge is 0.300 e. The first-order chi connectivity index (χ1) is 18.2. The molecule has 4 rings (SSSR count). The summed E-state index contributed by atoms with van der Waals surface area (Å²) in [7, 11) is 9.78. The molecule has 1 fully saturated rings. The quantitative estimate of drug-likeness (QED) is 0.266. The van der Waals surface area contributed by atoms with E-state index in [-0.39, 0.29) is 16.9 Å². The molecule has 1 N–H and O–H groups in total. The molecule has 1 heterocycles. The average molecular weight is 519 g/mol. The lowest BCUT2D eigenvalue weighted by molar-refractivity contribution is -0.132. The Bertz CT molecular complexity index is 1370. The van der Waals surface area contributed by atoms with Gasteiger partial charge < -0.3 is 29.0 Å². The Balaban J connectivity index is 2.00. The van der Waals surface area contributed by atoms with Crippen molar-refractivity contribution >= 4 is 28.8 Å². The maximum atomic E-state index is 13.6. The molecular formula is C29H30N2O7. The summed E-state index contributed by atoms with van der Waals surface area (Å²) in [6.07, 6.45) is 0. The van der Waals surface area contributed by atoms with E-state index < -0.39 is 17.7 Å². The lowest BCUT2D eigenvalue weighted by Gasteiger charge is -2.26. The molecule has 38 heavy (non-hydrogen) atoms. The second-order valence-corrected chi connectivity index (χ2v) is 8.79. The zero-order valence-electron chi connectivity index (χ0n) is 22.1. The number of methoxy groups -OCH3 is 4. The van der Waals surface area contributed by atoms with Crippen LogP contribution in [0.1, 0.15) is 17.2 Å². The van der Waals surface area contributed by atoms with E-state index in [4.69, 9.17) is 18.9 Å². The summed E-state index contributed by atoms with van der Waals surface area (Å²) in [5, 5.41) is 11.6. The molecule has 1 aliphatic heterocycles. The number of ether oxygens (including phenoxy) is 4. The lowest BCUT2D eigenvalue weighted by atomic mass is 9.94. The van der Waals surface area contributed by atoms with Crippen molar-refractivity contribution < 1.29 is 33.6 Å². The Morgan fingerprint density at radius 1 is 0.789 bits per heavy atom. The summed E-state index contributed by atoms with van der Waals surface area (Å²) in [6, 6.07) is 16.3. The second-order valence-electron chi connectivity index (χ2n) is 8.79. The van der Waals surface area contributed by atoms with Crippen LogP contribution in [0.5, 0.6) is 23.0 Å². The number of nitrogens with zero attached hydrogens (tertiary/aromatic N) is 2. The van der Waals surface area contributed by atoms with Gasteiger partial charge in [-0.3, -0.25) is 14.5 Å². The van der Waals surface area contributed by atoms with Crippen molar-refractivity contribution in [1.29, 1.82) is 0 Å². The highest BCUT2D eigenvalue weighted by molar-refractivity contribution is 6.51. The molecule has 9 nitrogen and oxygen atoms in total. The zero-order valence-corrected chi connectivity index (χ0v) is 22.1. The van der Waals surface area contributed by atoms with Gasteiger partial charge in [0.2, 0.25) is 0 Å². The van der Waals surface area contributed by atoms with Gasteiger partial charge in [0, 0.05) is 38.0 Å². The Morgan fingerprint density at radius 3 is 1.92 bits per heavy atom. The molecule has 0 bridgehead atoms. The fourth-order valence-electron chi connectivity index (χ4n) is 4.44. The van der Waals surface area contributed by atoms with Crippen molar-refractivity contribution in [3.05, 3.63) is 77.4 Å². The molecule has 1 saturated heterocycles. The highest BCUT2D eigenvalue weighted by Gasteiger charge is 2.47. The van der Waals surface area contributed by atoms with Gasteiger partial charge in [-0.05, 0) is 35.9 Å². The molecule has 0 radical (unpaired) electrons. The molecule has 1 amide bonds. The summed E-state index contributed by atoms with van der Waals surface area (Å²) in [4.78, 5) is 30.4. The van der Waals surface area contributed by atoms with Gasteiger partial charge >= 0.3 is 0 Å². The van der Waals surface area contributed by atoms with Crippen molar-refractivity contribution in [3.8, 4) is 23.0 Å². The van der Waals surface area contributed by atoms with Gasteiger partial charge in [0.05, 0.1) is 51.3 Å². The molecule has 3 aromatic carbocycles. The second kappa shape index (κ2) is 10.8. The summed E-state index contributed by atoms with van der Waals surface area (Å²) in [6.45, 7) is 0. The number of Topliss-reactive ketones (excluding diaryl/α,β-unsaturated/α-hetero) is 1. The molecule has 3 aromatic rings. The summed E-state index contributed by atoms with van der Waals surface area (Å²) in [5.41, 5.74) is 2.08. The van der Waals surface area contributed by atoms with E-state index in [0.29, 0.717) is 34.2 Å². The van der Waals surface area contributed by atoms with Crippen molar-refractivity contribution in [2.75, 3.05) is 52.3 Å². The SMILES string of the molecule is COc1cc(OC)cc(N2C(=O)C(=O)/C(=C(/O)c3cc(OC)ccc3OC)C2c2ccc(N(C)C)cc2)c1. The minimum absolute atomic E-state index is 0.0825. The van der Waals surface area contributed by atoms with Gasteiger partial charge in [0.1, 0.15) is 28.8 Å². The first kappa shape index (κ1) is 26.4.